The molecule has 0 aliphatic heterocycles. The Morgan fingerprint density at radius 1 is 1.71 bits per heavy atom. The van der Waals surface area contributed by atoms with Crippen molar-refractivity contribution in [3.63, 3.8) is 0 Å². The molecule has 5 nitrogen and oxygen atoms in total. The molecule has 0 fully saturated rings. The first-order valence-electron chi connectivity index (χ1n) is 5.53. The van der Waals surface area contributed by atoms with E-state index in [-0.39, 0.29) is 11.9 Å². The van der Waals surface area contributed by atoms with Crippen molar-refractivity contribution in [1.82, 2.24) is 15.1 Å². The van der Waals surface area contributed by atoms with Crippen molar-refractivity contribution in [2.24, 2.45) is 7.05 Å². The van der Waals surface area contributed by atoms with Gasteiger partial charge in [-0.1, -0.05) is 6.92 Å². The Labute approximate surface area is 106 Å². The highest BCUT2D eigenvalue weighted by atomic mass is 32.2. The Bertz CT molecular complexity index is 354. The summed E-state index contributed by atoms with van der Waals surface area (Å²) in [4.78, 5) is 11.7. The zero-order chi connectivity index (χ0) is 12.7. The lowest BCUT2D eigenvalue weighted by Gasteiger charge is -2.18. The van der Waals surface area contributed by atoms with Gasteiger partial charge < -0.3 is 10.1 Å². The Kier molecular flexibility index (Phi) is 6.07. The van der Waals surface area contributed by atoms with Crippen molar-refractivity contribution in [2.45, 2.75) is 13.0 Å². The van der Waals surface area contributed by atoms with Gasteiger partial charge in [0.15, 0.2) is 0 Å². The zero-order valence-electron chi connectivity index (χ0n) is 10.5. The molecule has 0 spiro atoms. The second kappa shape index (κ2) is 7.34. The highest BCUT2D eigenvalue weighted by Crippen LogP contribution is 2.12. The summed E-state index contributed by atoms with van der Waals surface area (Å²) in [6, 6.07) is 1.74. The third kappa shape index (κ3) is 4.40. The van der Waals surface area contributed by atoms with Gasteiger partial charge in [-0.2, -0.15) is 16.9 Å². The van der Waals surface area contributed by atoms with Gasteiger partial charge in [0, 0.05) is 20.4 Å². The van der Waals surface area contributed by atoms with Gasteiger partial charge in [0.05, 0.1) is 24.1 Å². The third-order valence-corrected chi connectivity index (χ3v) is 3.20. The fourth-order valence-corrected chi connectivity index (χ4v) is 2.00. The number of thioether (sulfide) groups is 1. The number of ether oxygens (including phenoxy) is 1. The molecule has 0 aromatic carbocycles. The van der Waals surface area contributed by atoms with Crippen LogP contribution in [0, 0.1) is 0 Å². The number of carbonyl (C=O) groups excluding carboxylic acids is 1. The number of hydrogen-bond donors (Lipinski definition) is 1. The Hall–Kier alpha value is -1.01. The molecule has 0 saturated heterocycles. The maximum absolute atomic E-state index is 11.7. The standard InChI is InChI=1S/C11H19N3O2S/c1-4-17-8-11(15)13-9(7-16-3)10-5-6-12-14(10)2/h5-6,9H,4,7-8H2,1-3H3,(H,13,15). The summed E-state index contributed by atoms with van der Waals surface area (Å²) >= 11 is 1.60. The number of amides is 1. The number of rotatable bonds is 7. The van der Waals surface area contributed by atoms with E-state index in [0.29, 0.717) is 12.4 Å². The van der Waals surface area contributed by atoms with Crippen molar-refractivity contribution in [3.8, 4) is 0 Å². The van der Waals surface area contributed by atoms with Crippen LogP contribution >= 0.6 is 11.8 Å². The molecule has 96 valence electrons. The van der Waals surface area contributed by atoms with Crippen LogP contribution in [0.4, 0.5) is 0 Å². The predicted octanol–water partition coefficient (Wildman–Crippen LogP) is 0.977. The van der Waals surface area contributed by atoms with Crippen molar-refractivity contribution in [3.05, 3.63) is 18.0 Å². The van der Waals surface area contributed by atoms with Crippen molar-refractivity contribution in [1.29, 1.82) is 0 Å². The molecule has 0 aliphatic carbocycles. The van der Waals surface area contributed by atoms with E-state index < -0.39 is 0 Å². The lowest BCUT2D eigenvalue weighted by molar-refractivity contribution is -0.119. The average Bonchev–Trinajstić information content (AvgIpc) is 2.72. The first-order chi connectivity index (χ1) is 8.19. The Morgan fingerprint density at radius 2 is 2.47 bits per heavy atom. The summed E-state index contributed by atoms with van der Waals surface area (Å²) in [7, 11) is 3.47. The number of aryl methyl sites for hydroxylation is 1. The molecule has 1 heterocycles. The topological polar surface area (TPSA) is 56.1 Å². The van der Waals surface area contributed by atoms with Crippen LogP contribution in [0.1, 0.15) is 18.7 Å². The van der Waals surface area contributed by atoms with Crippen LogP contribution in [0.3, 0.4) is 0 Å². The first kappa shape index (κ1) is 14.1. The summed E-state index contributed by atoms with van der Waals surface area (Å²) in [5.41, 5.74) is 0.946. The lowest BCUT2D eigenvalue weighted by Crippen LogP contribution is -2.33. The summed E-state index contributed by atoms with van der Waals surface area (Å²) in [6.07, 6.45) is 1.71. The summed E-state index contributed by atoms with van der Waals surface area (Å²) in [6.45, 7) is 2.48. The van der Waals surface area contributed by atoms with Crippen LogP contribution in [0.15, 0.2) is 12.3 Å². The van der Waals surface area contributed by atoms with E-state index in [4.69, 9.17) is 4.74 Å². The first-order valence-corrected chi connectivity index (χ1v) is 6.68. The summed E-state index contributed by atoms with van der Waals surface area (Å²) in [5.74, 6) is 1.45. The molecule has 0 radical (unpaired) electrons. The van der Waals surface area contributed by atoms with Crippen LogP contribution in [0.2, 0.25) is 0 Å². The molecule has 6 heteroatoms. The summed E-state index contributed by atoms with van der Waals surface area (Å²) in [5, 5.41) is 7.04. The van der Waals surface area contributed by atoms with Gasteiger partial charge in [-0.3, -0.25) is 9.48 Å². The molecule has 0 aliphatic rings. The molecule has 1 atom stereocenters. The van der Waals surface area contributed by atoms with Gasteiger partial charge >= 0.3 is 0 Å². The SMILES string of the molecule is CCSCC(=O)NC(COC)c1ccnn1C. The van der Waals surface area contributed by atoms with E-state index in [1.54, 1.807) is 29.8 Å². The number of nitrogens with zero attached hydrogens (tertiary/aromatic N) is 2. The lowest BCUT2D eigenvalue weighted by atomic mass is 10.2. The number of hydrogen-bond acceptors (Lipinski definition) is 4. The van der Waals surface area contributed by atoms with Crippen molar-refractivity contribution in [2.75, 3.05) is 25.2 Å². The van der Waals surface area contributed by atoms with Gasteiger partial charge in [-0.05, 0) is 11.8 Å². The minimum atomic E-state index is -0.141. The quantitative estimate of drug-likeness (QED) is 0.791. The van der Waals surface area contributed by atoms with E-state index >= 15 is 0 Å². The molecule has 0 bridgehead atoms. The number of aromatic nitrogens is 2. The van der Waals surface area contributed by atoms with Crippen LogP contribution < -0.4 is 5.32 Å². The largest absolute Gasteiger partial charge is 0.382 e. The van der Waals surface area contributed by atoms with Gasteiger partial charge in [-0.15, -0.1) is 0 Å². The van der Waals surface area contributed by atoms with Crippen LogP contribution in [-0.4, -0.2) is 40.9 Å². The highest BCUT2D eigenvalue weighted by molar-refractivity contribution is 7.99. The number of nitrogens with one attached hydrogen (secondary N) is 1. The van der Waals surface area contributed by atoms with E-state index in [1.807, 2.05) is 20.0 Å². The highest BCUT2D eigenvalue weighted by Gasteiger charge is 2.17. The fraction of sp³-hybridized carbons (Fsp3) is 0.636. The second-order valence-electron chi connectivity index (χ2n) is 3.59. The van der Waals surface area contributed by atoms with Gasteiger partial charge in [0.1, 0.15) is 0 Å². The minimum absolute atomic E-state index is 0.0279. The molecular weight excluding hydrogens is 238 g/mol. The monoisotopic (exact) mass is 257 g/mol. The third-order valence-electron chi connectivity index (χ3n) is 2.32. The maximum atomic E-state index is 11.7. The second-order valence-corrected chi connectivity index (χ2v) is 4.87. The smallest absolute Gasteiger partial charge is 0.230 e. The minimum Gasteiger partial charge on any atom is -0.382 e. The van der Waals surface area contributed by atoms with Crippen molar-refractivity contribution >= 4 is 17.7 Å². The molecule has 1 aromatic heterocycles. The Balaban J connectivity index is 2.61. The molecule has 1 unspecified atom stereocenters. The van der Waals surface area contributed by atoms with Gasteiger partial charge in [-0.25, -0.2) is 0 Å². The molecule has 1 N–H and O–H groups in total. The van der Waals surface area contributed by atoms with Crippen LogP contribution in [-0.2, 0) is 16.6 Å². The molecule has 1 amide bonds. The zero-order valence-corrected chi connectivity index (χ0v) is 11.3. The number of carbonyl (C=O) groups is 1. The maximum Gasteiger partial charge on any atom is 0.230 e. The van der Waals surface area contributed by atoms with E-state index in [0.717, 1.165) is 11.4 Å². The number of methoxy groups -OCH3 is 1. The van der Waals surface area contributed by atoms with E-state index in [9.17, 15) is 4.79 Å². The molecule has 0 saturated carbocycles. The van der Waals surface area contributed by atoms with Crippen molar-refractivity contribution < 1.29 is 9.53 Å². The van der Waals surface area contributed by atoms with E-state index in [2.05, 4.69) is 10.4 Å². The molecule has 1 rings (SSSR count). The average molecular weight is 257 g/mol. The van der Waals surface area contributed by atoms with Gasteiger partial charge in [0.25, 0.3) is 0 Å². The normalized spacial score (nSPS) is 12.4. The summed E-state index contributed by atoms with van der Waals surface area (Å²) < 4.78 is 6.87. The Morgan fingerprint density at radius 3 is 3.00 bits per heavy atom. The molecule has 17 heavy (non-hydrogen) atoms. The predicted molar refractivity (Wildman–Crippen MR) is 69.0 cm³/mol. The fourth-order valence-electron chi connectivity index (χ4n) is 1.52. The van der Waals surface area contributed by atoms with Crippen LogP contribution in [0.5, 0.6) is 0 Å². The van der Waals surface area contributed by atoms with Crippen LogP contribution in [0.25, 0.3) is 0 Å². The van der Waals surface area contributed by atoms with Gasteiger partial charge in [0.2, 0.25) is 5.91 Å². The molecular formula is C11H19N3O2S. The molecule has 1 aromatic rings. The van der Waals surface area contributed by atoms with E-state index in [1.165, 1.54) is 0 Å².